The van der Waals surface area contributed by atoms with Crippen molar-refractivity contribution in [2.24, 2.45) is 0 Å². The summed E-state index contributed by atoms with van der Waals surface area (Å²) in [6, 6.07) is 11.3. The van der Waals surface area contributed by atoms with Crippen LogP contribution in [0, 0.1) is 20.8 Å². The highest BCUT2D eigenvalue weighted by Crippen LogP contribution is 2.23. The van der Waals surface area contributed by atoms with Crippen LogP contribution in [-0.2, 0) is 22.6 Å². The van der Waals surface area contributed by atoms with Crippen LogP contribution in [0.2, 0.25) is 0 Å². The molecule has 2 aromatic carbocycles. The normalized spacial score (nSPS) is 10.7. The Labute approximate surface area is 204 Å². The third kappa shape index (κ3) is 6.60. The SMILES string of the molecule is CCOc1ccc(NC(=O)Cc2nnc(SCC(=O)Nc3c(C)cc(C)cc3C)n2CC)cc1. The van der Waals surface area contributed by atoms with E-state index < -0.39 is 0 Å². The van der Waals surface area contributed by atoms with Crippen LogP contribution >= 0.6 is 11.8 Å². The van der Waals surface area contributed by atoms with Crippen molar-refractivity contribution < 1.29 is 14.3 Å². The van der Waals surface area contributed by atoms with Crippen LogP contribution < -0.4 is 15.4 Å². The Morgan fingerprint density at radius 3 is 2.26 bits per heavy atom. The zero-order valence-corrected chi connectivity index (χ0v) is 21.1. The predicted molar refractivity (Wildman–Crippen MR) is 136 cm³/mol. The van der Waals surface area contributed by atoms with Gasteiger partial charge in [0.15, 0.2) is 5.16 Å². The molecule has 0 aliphatic heterocycles. The van der Waals surface area contributed by atoms with Crippen LogP contribution in [0.25, 0.3) is 0 Å². The Balaban J connectivity index is 1.58. The molecule has 180 valence electrons. The maximum Gasteiger partial charge on any atom is 0.234 e. The zero-order valence-electron chi connectivity index (χ0n) is 20.3. The molecule has 0 atom stereocenters. The van der Waals surface area contributed by atoms with Gasteiger partial charge in [-0.05, 0) is 70.0 Å². The molecule has 0 aliphatic rings. The highest BCUT2D eigenvalue weighted by molar-refractivity contribution is 7.99. The molecule has 0 bridgehead atoms. The number of amides is 2. The third-order valence-electron chi connectivity index (χ3n) is 5.15. The maximum atomic E-state index is 12.6. The summed E-state index contributed by atoms with van der Waals surface area (Å²) in [7, 11) is 0. The van der Waals surface area contributed by atoms with Gasteiger partial charge in [0, 0.05) is 17.9 Å². The second-order valence-corrected chi connectivity index (χ2v) is 8.88. The second-order valence-electron chi connectivity index (χ2n) is 7.94. The average Bonchev–Trinajstić information content (AvgIpc) is 3.17. The van der Waals surface area contributed by atoms with Crippen LogP contribution in [0.3, 0.4) is 0 Å². The van der Waals surface area contributed by atoms with Gasteiger partial charge in [-0.3, -0.25) is 9.59 Å². The highest BCUT2D eigenvalue weighted by Gasteiger charge is 2.17. The first-order chi connectivity index (χ1) is 16.3. The fourth-order valence-electron chi connectivity index (χ4n) is 3.71. The van der Waals surface area contributed by atoms with Crippen molar-refractivity contribution in [3.63, 3.8) is 0 Å². The molecule has 34 heavy (non-hydrogen) atoms. The van der Waals surface area contributed by atoms with E-state index in [1.165, 1.54) is 11.8 Å². The minimum atomic E-state index is -0.189. The van der Waals surface area contributed by atoms with Gasteiger partial charge in [0.05, 0.1) is 18.8 Å². The van der Waals surface area contributed by atoms with Gasteiger partial charge < -0.3 is 19.9 Å². The number of ether oxygens (including phenoxy) is 1. The summed E-state index contributed by atoms with van der Waals surface area (Å²) < 4.78 is 7.28. The summed E-state index contributed by atoms with van der Waals surface area (Å²) in [6.07, 6.45) is 0.0859. The van der Waals surface area contributed by atoms with Crippen LogP contribution in [0.4, 0.5) is 11.4 Å². The summed E-state index contributed by atoms with van der Waals surface area (Å²) in [5.41, 5.74) is 4.77. The molecule has 1 heterocycles. The Kier molecular flexibility index (Phi) is 8.70. The molecule has 0 aliphatic carbocycles. The Morgan fingerprint density at radius 2 is 1.65 bits per heavy atom. The fraction of sp³-hybridized carbons (Fsp3) is 0.360. The number of anilines is 2. The first-order valence-corrected chi connectivity index (χ1v) is 12.2. The van der Waals surface area contributed by atoms with E-state index in [0.717, 1.165) is 28.1 Å². The third-order valence-corrected chi connectivity index (χ3v) is 6.12. The summed E-state index contributed by atoms with van der Waals surface area (Å²) in [5.74, 6) is 1.21. The molecule has 0 saturated carbocycles. The lowest BCUT2D eigenvalue weighted by Gasteiger charge is -2.13. The number of carbonyl (C=O) groups excluding carboxylic acids is 2. The molecule has 3 aromatic rings. The molecule has 2 amide bonds. The molecule has 0 fully saturated rings. The van der Waals surface area contributed by atoms with E-state index in [2.05, 4.69) is 20.8 Å². The van der Waals surface area contributed by atoms with Crippen molar-refractivity contribution in [2.75, 3.05) is 23.0 Å². The highest BCUT2D eigenvalue weighted by atomic mass is 32.2. The van der Waals surface area contributed by atoms with Gasteiger partial charge in [0.25, 0.3) is 0 Å². The minimum absolute atomic E-state index is 0.0859. The molecule has 9 heteroatoms. The van der Waals surface area contributed by atoms with Gasteiger partial charge in [0.2, 0.25) is 11.8 Å². The molecule has 1 aromatic heterocycles. The number of rotatable bonds is 10. The van der Waals surface area contributed by atoms with Crippen LogP contribution in [0.15, 0.2) is 41.6 Å². The number of aromatic nitrogens is 3. The number of thioether (sulfide) groups is 1. The molecule has 0 unspecified atom stereocenters. The Bertz CT molecular complexity index is 1130. The van der Waals surface area contributed by atoms with Gasteiger partial charge >= 0.3 is 0 Å². The van der Waals surface area contributed by atoms with Crippen molar-refractivity contribution >= 4 is 35.0 Å². The van der Waals surface area contributed by atoms with Crippen molar-refractivity contribution in [1.82, 2.24) is 14.8 Å². The minimum Gasteiger partial charge on any atom is -0.494 e. The predicted octanol–water partition coefficient (Wildman–Crippen LogP) is 4.53. The van der Waals surface area contributed by atoms with E-state index in [-0.39, 0.29) is 24.0 Å². The summed E-state index contributed by atoms with van der Waals surface area (Å²) in [5, 5.41) is 14.9. The average molecular weight is 482 g/mol. The summed E-state index contributed by atoms with van der Waals surface area (Å²) in [4.78, 5) is 25.1. The molecule has 0 radical (unpaired) electrons. The number of aryl methyl sites for hydroxylation is 3. The quantitative estimate of drug-likeness (QED) is 0.413. The first kappa shape index (κ1) is 25.3. The Hall–Kier alpha value is -3.33. The maximum absolute atomic E-state index is 12.6. The van der Waals surface area contributed by atoms with Crippen LogP contribution in [0.5, 0.6) is 5.75 Å². The number of benzene rings is 2. The number of hydrogen-bond donors (Lipinski definition) is 2. The largest absolute Gasteiger partial charge is 0.494 e. The van der Waals surface area contributed by atoms with Crippen LogP contribution in [-0.4, -0.2) is 38.9 Å². The summed E-state index contributed by atoms with van der Waals surface area (Å²) in [6.45, 7) is 11.1. The molecule has 0 saturated heterocycles. The lowest BCUT2D eigenvalue weighted by atomic mass is 10.1. The Morgan fingerprint density at radius 1 is 0.971 bits per heavy atom. The van der Waals surface area contributed by atoms with E-state index in [1.807, 2.05) is 63.5 Å². The first-order valence-electron chi connectivity index (χ1n) is 11.3. The molecule has 3 rings (SSSR count). The summed E-state index contributed by atoms with van der Waals surface area (Å²) >= 11 is 1.30. The topological polar surface area (TPSA) is 98.1 Å². The smallest absolute Gasteiger partial charge is 0.234 e. The molecule has 2 N–H and O–H groups in total. The zero-order chi connectivity index (χ0) is 24.7. The number of carbonyl (C=O) groups is 2. The lowest BCUT2D eigenvalue weighted by Crippen LogP contribution is -2.18. The van der Waals surface area contributed by atoms with Crippen LogP contribution in [0.1, 0.15) is 36.4 Å². The number of hydrogen-bond acceptors (Lipinski definition) is 6. The van der Waals surface area contributed by atoms with E-state index in [9.17, 15) is 9.59 Å². The molecule has 8 nitrogen and oxygen atoms in total. The van der Waals surface area contributed by atoms with E-state index in [1.54, 1.807) is 12.1 Å². The fourth-order valence-corrected chi connectivity index (χ4v) is 4.53. The van der Waals surface area contributed by atoms with E-state index in [0.29, 0.717) is 29.8 Å². The molecule has 0 spiro atoms. The molecular formula is C25H31N5O3S. The van der Waals surface area contributed by atoms with Gasteiger partial charge in [-0.15, -0.1) is 10.2 Å². The van der Waals surface area contributed by atoms with Crippen molar-refractivity contribution in [1.29, 1.82) is 0 Å². The molecular weight excluding hydrogens is 450 g/mol. The van der Waals surface area contributed by atoms with Crippen molar-refractivity contribution in [2.45, 2.75) is 52.7 Å². The lowest BCUT2D eigenvalue weighted by molar-refractivity contribution is -0.116. The monoisotopic (exact) mass is 481 g/mol. The van der Waals surface area contributed by atoms with Crippen molar-refractivity contribution in [3.05, 3.63) is 58.9 Å². The number of nitrogens with one attached hydrogen (secondary N) is 2. The van der Waals surface area contributed by atoms with E-state index in [4.69, 9.17) is 4.74 Å². The van der Waals surface area contributed by atoms with E-state index >= 15 is 0 Å². The van der Waals surface area contributed by atoms with Gasteiger partial charge in [-0.2, -0.15) is 0 Å². The van der Waals surface area contributed by atoms with Gasteiger partial charge in [-0.25, -0.2) is 0 Å². The number of nitrogens with zero attached hydrogens (tertiary/aromatic N) is 3. The standard InChI is InChI=1S/C25H31N5O3S/c1-6-30-21(14-22(31)26-19-8-10-20(11-9-19)33-7-2)28-29-25(30)34-15-23(32)27-24-17(4)12-16(3)13-18(24)5/h8-13H,6-7,14-15H2,1-5H3,(H,26,31)(H,27,32). The second kappa shape index (κ2) is 11.7. The van der Waals surface area contributed by atoms with Gasteiger partial charge in [0.1, 0.15) is 11.6 Å². The van der Waals surface area contributed by atoms with Crippen molar-refractivity contribution in [3.8, 4) is 5.75 Å². The van der Waals surface area contributed by atoms with Gasteiger partial charge in [-0.1, -0.05) is 29.5 Å².